The van der Waals surface area contributed by atoms with Gasteiger partial charge in [-0.2, -0.15) is 4.98 Å². The minimum atomic E-state index is -0.311. The molecule has 6 nitrogen and oxygen atoms in total. The van der Waals surface area contributed by atoms with Crippen molar-refractivity contribution in [3.63, 3.8) is 0 Å². The van der Waals surface area contributed by atoms with Crippen molar-refractivity contribution >= 4 is 33.3 Å². The molecule has 4 rings (SSSR count). The van der Waals surface area contributed by atoms with Crippen LogP contribution in [-0.4, -0.2) is 19.7 Å². The van der Waals surface area contributed by atoms with Crippen molar-refractivity contribution in [3.05, 3.63) is 57.5 Å². The van der Waals surface area contributed by atoms with Gasteiger partial charge in [0.1, 0.15) is 10.6 Å². The third-order valence-electron chi connectivity index (χ3n) is 4.53. The minimum absolute atomic E-state index is 0.140. The maximum atomic E-state index is 13.3. The first kappa shape index (κ1) is 19.8. The lowest BCUT2D eigenvalue weighted by Gasteiger charge is -2.10. The van der Waals surface area contributed by atoms with Gasteiger partial charge in [-0.25, -0.2) is 9.37 Å². The van der Waals surface area contributed by atoms with Crippen LogP contribution in [0.25, 0.3) is 21.3 Å². The first-order valence-corrected chi connectivity index (χ1v) is 10.9. The lowest BCUT2D eigenvalue weighted by molar-refractivity contribution is 0.373. The lowest BCUT2D eigenvalue weighted by atomic mass is 10.1. The molecule has 0 spiro atoms. The van der Waals surface area contributed by atoms with Crippen molar-refractivity contribution in [1.29, 1.82) is 0 Å². The molecule has 0 unspecified atom stereocenters. The molecule has 1 atom stereocenters. The summed E-state index contributed by atoms with van der Waals surface area (Å²) in [5, 5.41) is 6.85. The first-order chi connectivity index (χ1) is 13.8. The summed E-state index contributed by atoms with van der Waals surface area (Å²) >= 11 is 2.80. The van der Waals surface area contributed by atoms with Crippen LogP contribution < -0.4 is 5.56 Å². The molecule has 4 aromatic rings. The van der Waals surface area contributed by atoms with Gasteiger partial charge in [0, 0.05) is 23.9 Å². The van der Waals surface area contributed by atoms with Crippen molar-refractivity contribution in [2.45, 2.75) is 37.1 Å². The van der Waals surface area contributed by atoms with E-state index in [0.29, 0.717) is 27.1 Å². The molecule has 1 aromatic carbocycles. The summed E-state index contributed by atoms with van der Waals surface area (Å²) in [5.41, 5.74) is 1.41. The Labute approximate surface area is 174 Å². The van der Waals surface area contributed by atoms with Crippen LogP contribution in [-0.2, 0) is 7.05 Å². The summed E-state index contributed by atoms with van der Waals surface area (Å²) in [5.74, 6) is 1.03. The van der Waals surface area contributed by atoms with Gasteiger partial charge in [-0.1, -0.05) is 42.9 Å². The highest BCUT2D eigenvalue weighted by Crippen LogP contribution is 2.36. The zero-order chi connectivity index (χ0) is 20.7. The summed E-state index contributed by atoms with van der Waals surface area (Å²) < 4.78 is 20.1. The largest absolute Gasteiger partial charge is 0.338 e. The van der Waals surface area contributed by atoms with Crippen molar-refractivity contribution in [2.75, 3.05) is 0 Å². The van der Waals surface area contributed by atoms with Gasteiger partial charge in [-0.05, 0) is 24.6 Å². The van der Waals surface area contributed by atoms with Crippen LogP contribution in [0.2, 0.25) is 0 Å². The van der Waals surface area contributed by atoms with E-state index in [4.69, 9.17) is 4.52 Å². The van der Waals surface area contributed by atoms with E-state index < -0.39 is 0 Å². The fourth-order valence-corrected chi connectivity index (χ4v) is 4.75. The molecule has 9 heteroatoms. The van der Waals surface area contributed by atoms with Crippen molar-refractivity contribution in [2.24, 2.45) is 7.05 Å². The fourth-order valence-electron chi connectivity index (χ4n) is 2.86. The number of thiophene rings is 1. The summed E-state index contributed by atoms with van der Waals surface area (Å²) in [4.78, 5) is 22.8. The number of benzene rings is 1. The zero-order valence-electron chi connectivity index (χ0n) is 16.3. The van der Waals surface area contributed by atoms with Gasteiger partial charge in [0.2, 0.25) is 5.89 Å². The predicted octanol–water partition coefficient (Wildman–Crippen LogP) is 5.16. The summed E-state index contributed by atoms with van der Waals surface area (Å²) in [6, 6.07) is 6.11. The number of hydrogen-bond acceptors (Lipinski definition) is 7. The Morgan fingerprint density at radius 1 is 1.17 bits per heavy atom. The monoisotopic (exact) mass is 430 g/mol. The van der Waals surface area contributed by atoms with Crippen LogP contribution in [0.5, 0.6) is 0 Å². The van der Waals surface area contributed by atoms with Crippen LogP contribution in [0.15, 0.2) is 44.1 Å². The van der Waals surface area contributed by atoms with E-state index in [1.807, 2.05) is 26.2 Å². The Hall–Kier alpha value is -2.52. The Morgan fingerprint density at radius 2 is 1.90 bits per heavy atom. The number of nitrogens with zero attached hydrogens (tertiary/aromatic N) is 4. The molecule has 0 fully saturated rings. The average Bonchev–Trinajstić information content (AvgIpc) is 3.34. The molecule has 150 valence electrons. The molecule has 3 heterocycles. The number of halogens is 1. The summed E-state index contributed by atoms with van der Waals surface area (Å²) in [6.07, 6.45) is 0. The standard InChI is InChI=1S/C20H19FN4O2S2/c1-10(2)16-22-17(27-24-16)11(3)29-20-23-18-15(19(26)25(20)4)14(9-28-18)12-5-7-13(21)8-6-12/h5-11H,1-4H3/t11-/m0/s1. The number of aromatic nitrogens is 4. The number of thioether (sulfide) groups is 1. The molecular formula is C20H19FN4O2S2. The Kier molecular flexibility index (Phi) is 5.26. The van der Waals surface area contributed by atoms with E-state index in [2.05, 4.69) is 15.1 Å². The summed E-state index contributed by atoms with van der Waals surface area (Å²) in [7, 11) is 1.70. The smallest absolute Gasteiger partial charge is 0.263 e. The van der Waals surface area contributed by atoms with Crippen molar-refractivity contribution in [3.8, 4) is 11.1 Å². The van der Waals surface area contributed by atoms with E-state index in [-0.39, 0.29) is 22.5 Å². The van der Waals surface area contributed by atoms with E-state index in [9.17, 15) is 9.18 Å². The first-order valence-electron chi connectivity index (χ1n) is 9.09. The Bertz CT molecular complexity index is 1230. The van der Waals surface area contributed by atoms with Gasteiger partial charge in [-0.3, -0.25) is 9.36 Å². The molecular weight excluding hydrogens is 411 g/mol. The molecule has 0 N–H and O–H groups in total. The predicted molar refractivity (Wildman–Crippen MR) is 113 cm³/mol. The van der Waals surface area contributed by atoms with E-state index >= 15 is 0 Å². The van der Waals surface area contributed by atoms with Crippen molar-refractivity contribution < 1.29 is 8.91 Å². The topological polar surface area (TPSA) is 73.8 Å². The minimum Gasteiger partial charge on any atom is -0.338 e. The normalized spacial score (nSPS) is 12.8. The molecule has 0 saturated heterocycles. The number of rotatable bonds is 5. The maximum absolute atomic E-state index is 13.3. The van der Waals surface area contributed by atoms with Crippen LogP contribution in [0, 0.1) is 5.82 Å². The summed E-state index contributed by atoms with van der Waals surface area (Å²) in [6.45, 7) is 5.94. The SMILES string of the molecule is CC(C)c1noc([C@H](C)Sc2nc3scc(-c4ccc(F)cc4)c3c(=O)n2C)n1. The van der Waals surface area contributed by atoms with Gasteiger partial charge >= 0.3 is 0 Å². The third-order valence-corrected chi connectivity index (χ3v) is 6.54. The molecule has 0 radical (unpaired) electrons. The Morgan fingerprint density at radius 3 is 2.55 bits per heavy atom. The highest BCUT2D eigenvalue weighted by atomic mass is 32.2. The quantitative estimate of drug-likeness (QED) is 0.322. The highest BCUT2D eigenvalue weighted by molar-refractivity contribution is 7.99. The maximum Gasteiger partial charge on any atom is 0.263 e. The Balaban J connectivity index is 1.70. The van der Waals surface area contributed by atoms with Gasteiger partial charge in [0.15, 0.2) is 11.0 Å². The van der Waals surface area contributed by atoms with Crippen LogP contribution >= 0.6 is 23.1 Å². The van der Waals surface area contributed by atoms with Crippen LogP contribution in [0.1, 0.15) is 43.7 Å². The second-order valence-corrected chi connectivity index (χ2v) is 9.17. The average molecular weight is 431 g/mol. The molecule has 3 aromatic heterocycles. The van der Waals surface area contributed by atoms with Crippen molar-refractivity contribution in [1.82, 2.24) is 19.7 Å². The van der Waals surface area contributed by atoms with Crippen LogP contribution in [0.4, 0.5) is 4.39 Å². The molecule has 0 aliphatic heterocycles. The van der Waals surface area contributed by atoms with Gasteiger partial charge in [0.05, 0.1) is 10.6 Å². The highest BCUT2D eigenvalue weighted by Gasteiger charge is 2.21. The van der Waals surface area contributed by atoms with Gasteiger partial charge in [-0.15, -0.1) is 11.3 Å². The van der Waals surface area contributed by atoms with E-state index in [1.54, 1.807) is 19.2 Å². The number of fused-ring (bicyclic) bond motifs is 1. The fraction of sp³-hybridized carbons (Fsp3) is 0.300. The second kappa shape index (κ2) is 7.72. The molecule has 0 amide bonds. The van der Waals surface area contributed by atoms with E-state index in [0.717, 1.165) is 11.1 Å². The molecule has 29 heavy (non-hydrogen) atoms. The molecule has 0 saturated carbocycles. The number of hydrogen-bond donors (Lipinski definition) is 0. The van der Waals surface area contributed by atoms with E-state index in [1.165, 1.54) is 39.8 Å². The second-order valence-electron chi connectivity index (χ2n) is 7.00. The van der Waals surface area contributed by atoms with Gasteiger partial charge in [0.25, 0.3) is 5.56 Å². The third kappa shape index (κ3) is 3.72. The lowest BCUT2D eigenvalue weighted by Crippen LogP contribution is -2.20. The molecule has 0 aliphatic rings. The molecule has 0 bridgehead atoms. The van der Waals surface area contributed by atoms with Gasteiger partial charge < -0.3 is 4.52 Å². The van der Waals surface area contributed by atoms with Crippen LogP contribution in [0.3, 0.4) is 0 Å². The zero-order valence-corrected chi connectivity index (χ0v) is 18.0. The molecule has 0 aliphatic carbocycles.